The molecule has 3 N–H and O–H groups in total. The average molecular weight is 201 g/mol. The smallest absolute Gasteiger partial charge is 0.0112 e. The van der Waals surface area contributed by atoms with Crippen molar-refractivity contribution in [2.45, 2.75) is 46.0 Å². The lowest BCUT2D eigenvalue weighted by Gasteiger charge is -2.06. The number of hydrogen-bond acceptors (Lipinski definition) is 3. The maximum Gasteiger partial charge on any atom is 0.0112 e. The van der Waals surface area contributed by atoms with E-state index in [-0.39, 0.29) is 0 Å². The van der Waals surface area contributed by atoms with E-state index in [1.165, 1.54) is 38.6 Å². The third kappa shape index (κ3) is 11.9. The molecule has 0 aromatic rings. The number of rotatable bonds is 11. The highest BCUT2D eigenvalue weighted by molar-refractivity contribution is 4.50. The second-order valence-corrected chi connectivity index (χ2v) is 3.66. The van der Waals surface area contributed by atoms with Gasteiger partial charge in [-0.25, -0.2) is 0 Å². The van der Waals surface area contributed by atoms with Gasteiger partial charge in [0.15, 0.2) is 0 Å². The molecular formula is C11H27N3. The number of unbranched alkanes of at least 4 members (excludes halogenated alkanes) is 2. The summed E-state index contributed by atoms with van der Waals surface area (Å²) < 4.78 is 0. The van der Waals surface area contributed by atoms with Crippen LogP contribution in [0.4, 0.5) is 0 Å². The van der Waals surface area contributed by atoms with E-state index >= 15 is 0 Å². The zero-order valence-electron chi connectivity index (χ0n) is 9.86. The van der Waals surface area contributed by atoms with E-state index in [1.54, 1.807) is 0 Å². The minimum Gasteiger partial charge on any atom is -0.317 e. The van der Waals surface area contributed by atoms with Crippen molar-refractivity contribution in [3.8, 4) is 0 Å². The Balaban J connectivity index is 2.78. The summed E-state index contributed by atoms with van der Waals surface area (Å²) in [7, 11) is 0. The lowest BCUT2D eigenvalue weighted by Crippen LogP contribution is -2.34. The van der Waals surface area contributed by atoms with E-state index in [2.05, 4.69) is 30.0 Å². The van der Waals surface area contributed by atoms with E-state index in [9.17, 15) is 0 Å². The number of hydrazine groups is 1. The summed E-state index contributed by atoms with van der Waals surface area (Å²) in [6, 6.07) is 0. The lowest BCUT2D eigenvalue weighted by atomic mass is 10.2. The maximum atomic E-state index is 3.44. The first-order valence-electron chi connectivity index (χ1n) is 6.08. The molecule has 0 aliphatic carbocycles. The Hall–Kier alpha value is -0.120. The van der Waals surface area contributed by atoms with Crippen LogP contribution in [0.25, 0.3) is 0 Å². The first-order chi connectivity index (χ1) is 6.91. The Morgan fingerprint density at radius 1 is 0.643 bits per heavy atom. The van der Waals surface area contributed by atoms with Crippen LogP contribution in [0.1, 0.15) is 46.0 Å². The van der Waals surface area contributed by atoms with E-state index in [0.717, 1.165) is 19.6 Å². The summed E-state index contributed by atoms with van der Waals surface area (Å²) in [5, 5.41) is 3.44. The zero-order chi connectivity index (χ0) is 10.5. The molecule has 0 heterocycles. The predicted octanol–water partition coefficient (Wildman–Crippen LogP) is 1.66. The minimum absolute atomic E-state index is 1.06. The Kier molecular flexibility index (Phi) is 12.8. The van der Waals surface area contributed by atoms with E-state index in [0.29, 0.717) is 0 Å². The molecule has 86 valence electrons. The summed E-state index contributed by atoms with van der Waals surface area (Å²) in [6.07, 6.45) is 6.36. The van der Waals surface area contributed by atoms with Gasteiger partial charge in [-0.2, -0.15) is 0 Å². The molecule has 0 aromatic carbocycles. The Morgan fingerprint density at radius 3 is 2.07 bits per heavy atom. The summed E-state index contributed by atoms with van der Waals surface area (Å²) in [5.41, 5.74) is 6.37. The van der Waals surface area contributed by atoms with Crippen LogP contribution in [0.3, 0.4) is 0 Å². The molecule has 0 bridgehead atoms. The second kappa shape index (κ2) is 12.9. The van der Waals surface area contributed by atoms with Gasteiger partial charge < -0.3 is 5.32 Å². The van der Waals surface area contributed by atoms with Gasteiger partial charge in [-0.15, -0.1) is 0 Å². The van der Waals surface area contributed by atoms with Crippen LogP contribution in [0.15, 0.2) is 0 Å². The van der Waals surface area contributed by atoms with Crippen LogP contribution >= 0.6 is 0 Å². The van der Waals surface area contributed by atoms with Crippen molar-refractivity contribution in [3.63, 3.8) is 0 Å². The quantitative estimate of drug-likeness (QED) is 0.351. The van der Waals surface area contributed by atoms with Crippen molar-refractivity contribution >= 4 is 0 Å². The fourth-order valence-corrected chi connectivity index (χ4v) is 1.23. The molecule has 0 fully saturated rings. The number of hydrogen-bond donors (Lipinski definition) is 3. The molecule has 0 rings (SSSR count). The molecular weight excluding hydrogens is 174 g/mol. The van der Waals surface area contributed by atoms with Gasteiger partial charge >= 0.3 is 0 Å². The van der Waals surface area contributed by atoms with Crippen molar-refractivity contribution in [1.82, 2.24) is 16.2 Å². The molecule has 0 aromatic heterocycles. The van der Waals surface area contributed by atoms with Crippen LogP contribution < -0.4 is 16.2 Å². The third-order valence-corrected chi connectivity index (χ3v) is 2.11. The number of nitrogens with one attached hydrogen (secondary N) is 3. The van der Waals surface area contributed by atoms with Gasteiger partial charge in [0.2, 0.25) is 0 Å². The fraction of sp³-hybridized carbons (Fsp3) is 1.00. The second-order valence-electron chi connectivity index (χ2n) is 3.66. The maximum absolute atomic E-state index is 3.44. The van der Waals surface area contributed by atoms with Crippen LogP contribution in [-0.4, -0.2) is 26.2 Å². The molecule has 14 heavy (non-hydrogen) atoms. The molecule has 0 unspecified atom stereocenters. The van der Waals surface area contributed by atoms with Crippen LogP contribution in [0.2, 0.25) is 0 Å². The van der Waals surface area contributed by atoms with Gasteiger partial charge in [0, 0.05) is 13.1 Å². The topological polar surface area (TPSA) is 36.1 Å². The zero-order valence-corrected chi connectivity index (χ0v) is 9.86. The van der Waals surface area contributed by atoms with Crippen LogP contribution in [-0.2, 0) is 0 Å². The summed E-state index contributed by atoms with van der Waals surface area (Å²) >= 11 is 0. The van der Waals surface area contributed by atoms with Crippen molar-refractivity contribution in [2.24, 2.45) is 0 Å². The molecule has 0 amide bonds. The Bertz CT molecular complexity index is 84.5. The van der Waals surface area contributed by atoms with E-state index in [1.807, 2.05) is 0 Å². The summed E-state index contributed by atoms with van der Waals surface area (Å²) in [6.45, 7) is 8.83. The van der Waals surface area contributed by atoms with Gasteiger partial charge in [-0.05, 0) is 32.4 Å². The molecule has 0 saturated carbocycles. The highest BCUT2D eigenvalue weighted by Gasteiger charge is 1.88. The minimum atomic E-state index is 1.06. The first-order valence-corrected chi connectivity index (χ1v) is 6.08. The van der Waals surface area contributed by atoms with E-state index < -0.39 is 0 Å². The molecule has 0 atom stereocenters. The van der Waals surface area contributed by atoms with Gasteiger partial charge in [0.1, 0.15) is 0 Å². The first kappa shape index (κ1) is 13.9. The van der Waals surface area contributed by atoms with Crippen molar-refractivity contribution < 1.29 is 0 Å². The van der Waals surface area contributed by atoms with Crippen LogP contribution in [0.5, 0.6) is 0 Å². The largest absolute Gasteiger partial charge is 0.317 e. The molecule has 0 saturated heterocycles. The standard InChI is InChI=1S/C11H27N3/c1-3-5-6-9-12-10-7-11-14-13-8-4-2/h12-14H,3-11H2,1-2H3. The average Bonchev–Trinajstić information content (AvgIpc) is 2.21. The normalized spacial score (nSPS) is 10.7. The predicted molar refractivity (Wildman–Crippen MR) is 63.3 cm³/mol. The van der Waals surface area contributed by atoms with Crippen molar-refractivity contribution in [1.29, 1.82) is 0 Å². The van der Waals surface area contributed by atoms with Gasteiger partial charge in [0.25, 0.3) is 0 Å². The SMILES string of the molecule is CCCCCNCCCNNCCC. The molecule has 0 aliphatic rings. The monoisotopic (exact) mass is 201 g/mol. The highest BCUT2D eigenvalue weighted by atomic mass is 15.3. The third-order valence-electron chi connectivity index (χ3n) is 2.11. The fourth-order valence-electron chi connectivity index (χ4n) is 1.23. The van der Waals surface area contributed by atoms with Gasteiger partial charge in [-0.1, -0.05) is 26.7 Å². The Labute approximate surface area is 89.0 Å². The molecule has 3 heteroatoms. The molecule has 3 nitrogen and oxygen atoms in total. The molecule has 0 radical (unpaired) electrons. The van der Waals surface area contributed by atoms with Gasteiger partial charge in [0.05, 0.1) is 0 Å². The van der Waals surface area contributed by atoms with E-state index in [4.69, 9.17) is 0 Å². The summed E-state index contributed by atoms with van der Waals surface area (Å²) in [4.78, 5) is 0. The van der Waals surface area contributed by atoms with Crippen molar-refractivity contribution in [2.75, 3.05) is 26.2 Å². The van der Waals surface area contributed by atoms with Gasteiger partial charge in [-0.3, -0.25) is 10.9 Å². The lowest BCUT2D eigenvalue weighted by molar-refractivity contribution is 0.503. The summed E-state index contributed by atoms with van der Waals surface area (Å²) in [5.74, 6) is 0. The molecule has 0 spiro atoms. The van der Waals surface area contributed by atoms with Crippen molar-refractivity contribution in [3.05, 3.63) is 0 Å². The highest BCUT2D eigenvalue weighted by Crippen LogP contribution is 1.90. The molecule has 0 aliphatic heterocycles. The Morgan fingerprint density at radius 2 is 1.36 bits per heavy atom. The van der Waals surface area contributed by atoms with Crippen LogP contribution in [0, 0.1) is 0 Å².